The molecular weight excluding hydrogens is 614 g/mol. The molecule has 0 bridgehead atoms. The summed E-state index contributed by atoms with van der Waals surface area (Å²) >= 11 is 0. The Hall–Kier alpha value is -5.40. The van der Waals surface area contributed by atoms with Gasteiger partial charge in [-0.05, 0) is 32.0 Å². The molecule has 46 heavy (non-hydrogen) atoms. The minimum atomic E-state index is -1.08. The highest BCUT2D eigenvalue weighted by Crippen LogP contribution is 2.36. The van der Waals surface area contributed by atoms with E-state index in [1.54, 1.807) is 38.4 Å². The first-order valence-corrected chi connectivity index (χ1v) is 14.1. The van der Waals surface area contributed by atoms with Crippen LogP contribution in [0.15, 0.2) is 78.1 Å². The molecule has 8 nitrogen and oxygen atoms in total. The molecule has 5 aromatic rings. The lowest BCUT2D eigenvalue weighted by molar-refractivity contribution is -0.128. The smallest absolute Gasteiger partial charge is 0.251 e. The predicted molar refractivity (Wildman–Crippen MR) is 157 cm³/mol. The van der Waals surface area contributed by atoms with Crippen LogP contribution in [0.5, 0.6) is 0 Å². The molecule has 0 fully saturated rings. The molecule has 6 rings (SSSR count). The van der Waals surface area contributed by atoms with Crippen LogP contribution in [-0.2, 0) is 11.3 Å². The third kappa shape index (κ3) is 6.10. The largest absolute Gasteiger partial charge is 0.310 e. The van der Waals surface area contributed by atoms with E-state index in [1.165, 1.54) is 43.4 Å². The number of pyridine rings is 1. The summed E-state index contributed by atoms with van der Waals surface area (Å²) in [5.41, 5.74) is -0.354. The summed E-state index contributed by atoms with van der Waals surface area (Å²) in [6.45, 7) is 3.83. The monoisotopic (exact) mass is 640 g/mol. The van der Waals surface area contributed by atoms with E-state index in [1.807, 2.05) is 0 Å². The maximum absolute atomic E-state index is 14.3. The van der Waals surface area contributed by atoms with Crippen LogP contribution >= 0.6 is 0 Å². The van der Waals surface area contributed by atoms with Gasteiger partial charge in [0.2, 0.25) is 5.91 Å². The van der Waals surface area contributed by atoms with Crippen molar-refractivity contribution in [3.63, 3.8) is 0 Å². The molecule has 1 aliphatic rings. The van der Waals surface area contributed by atoms with Crippen molar-refractivity contribution < 1.29 is 31.1 Å². The number of carbonyl (C=O) groups is 1. The van der Waals surface area contributed by atoms with E-state index in [9.17, 15) is 35.9 Å². The van der Waals surface area contributed by atoms with E-state index in [4.69, 9.17) is 0 Å². The SMILES string of the molecule is CCN1C(=O)CCC(n2cccn2)=C1c1c(F)cc(F)cc1F.CCn1c(-c2c(F)cc(F)cc2F)c(-n2cccn2)ccc1=O. The molecule has 0 radical (unpaired) electrons. The summed E-state index contributed by atoms with van der Waals surface area (Å²) in [6, 6.07) is 8.43. The number of halogens is 6. The fraction of sp³-hybridized carbons (Fsp3) is 0.188. The van der Waals surface area contributed by atoms with Gasteiger partial charge in [-0.15, -0.1) is 0 Å². The number of hydrogen-bond donors (Lipinski definition) is 0. The van der Waals surface area contributed by atoms with E-state index in [0.717, 1.165) is 0 Å². The number of amides is 1. The van der Waals surface area contributed by atoms with Crippen LogP contribution in [0.25, 0.3) is 28.3 Å². The lowest BCUT2D eigenvalue weighted by atomic mass is 10.00. The first-order valence-electron chi connectivity index (χ1n) is 14.1. The Bertz CT molecular complexity index is 1940. The molecule has 4 heterocycles. The summed E-state index contributed by atoms with van der Waals surface area (Å²) in [7, 11) is 0. The molecule has 2 aromatic carbocycles. The molecule has 0 saturated carbocycles. The van der Waals surface area contributed by atoms with E-state index in [2.05, 4.69) is 10.2 Å². The molecule has 0 aliphatic carbocycles. The van der Waals surface area contributed by atoms with Crippen LogP contribution in [-0.4, -0.2) is 41.5 Å². The summed E-state index contributed by atoms with van der Waals surface area (Å²) in [5, 5.41) is 8.13. The van der Waals surface area contributed by atoms with Gasteiger partial charge in [0, 0.05) is 81.1 Å². The van der Waals surface area contributed by atoms with Gasteiger partial charge in [-0.25, -0.2) is 35.7 Å². The van der Waals surface area contributed by atoms with Crippen LogP contribution < -0.4 is 5.56 Å². The molecule has 0 saturated heterocycles. The van der Waals surface area contributed by atoms with Crippen molar-refractivity contribution in [3.8, 4) is 16.9 Å². The highest BCUT2D eigenvalue weighted by molar-refractivity contribution is 5.97. The van der Waals surface area contributed by atoms with Crippen molar-refractivity contribution in [3.05, 3.63) is 124 Å². The molecule has 3 aromatic heterocycles. The van der Waals surface area contributed by atoms with Crippen LogP contribution in [0, 0.1) is 34.9 Å². The Morgan fingerprint density at radius 1 is 0.696 bits per heavy atom. The Morgan fingerprint density at radius 2 is 1.24 bits per heavy atom. The van der Waals surface area contributed by atoms with Crippen molar-refractivity contribution in [2.45, 2.75) is 33.2 Å². The molecule has 0 atom stereocenters. The highest BCUT2D eigenvalue weighted by Gasteiger charge is 2.32. The Kier molecular flexibility index (Phi) is 9.26. The fourth-order valence-corrected chi connectivity index (χ4v) is 5.30. The van der Waals surface area contributed by atoms with E-state index < -0.39 is 51.6 Å². The molecule has 0 spiro atoms. The van der Waals surface area contributed by atoms with Gasteiger partial charge < -0.3 is 9.47 Å². The van der Waals surface area contributed by atoms with E-state index in [0.29, 0.717) is 42.1 Å². The van der Waals surface area contributed by atoms with Crippen molar-refractivity contribution in [1.29, 1.82) is 0 Å². The second kappa shape index (κ2) is 13.3. The first-order chi connectivity index (χ1) is 22.0. The van der Waals surface area contributed by atoms with Gasteiger partial charge in [0.25, 0.3) is 5.56 Å². The molecule has 1 amide bonds. The average Bonchev–Trinajstić information content (AvgIpc) is 3.73. The lowest BCUT2D eigenvalue weighted by Gasteiger charge is -2.31. The number of carbonyl (C=O) groups excluding carboxylic acids is 1. The van der Waals surface area contributed by atoms with Gasteiger partial charge >= 0.3 is 0 Å². The summed E-state index contributed by atoms with van der Waals surface area (Å²) in [6.07, 6.45) is 6.78. The van der Waals surface area contributed by atoms with Crippen molar-refractivity contribution in [2.24, 2.45) is 0 Å². The summed E-state index contributed by atoms with van der Waals surface area (Å²) in [4.78, 5) is 25.5. The van der Waals surface area contributed by atoms with Gasteiger partial charge in [-0.3, -0.25) is 9.59 Å². The number of benzene rings is 2. The van der Waals surface area contributed by atoms with Gasteiger partial charge in [-0.1, -0.05) is 0 Å². The Labute approximate surface area is 258 Å². The standard InChI is InChI=1S/C16H14F3N3O.C16H12F3N3O/c2*1-2-21-14(23)5-4-13(22-7-3-6-20-22)16(21)15-11(18)8-10(17)9-12(15)19/h3,6-9H,2,4-5H2,1H3;3-9H,2H2,1H3. The Balaban J connectivity index is 0.000000181. The van der Waals surface area contributed by atoms with Gasteiger partial charge in [0.15, 0.2) is 0 Å². The lowest BCUT2D eigenvalue weighted by Crippen LogP contribution is -2.34. The first kappa shape index (κ1) is 32.0. The summed E-state index contributed by atoms with van der Waals surface area (Å²) in [5.74, 6) is -6.51. The molecule has 1 aliphatic heterocycles. The van der Waals surface area contributed by atoms with E-state index in [-0.39, 0.29) is 36.8 Å². The molecule has 0 N–H and O–H groups in total. The maximum atomic E-state index is 14.3. The molecular formula is C32H26F6N6O2. The number of hydrogen-bond acceptors (Lipinski definition) is 4. The van der Waals surface area contributed by atoms with Crippen LogP contribution in [0.4, 0.5) is 26.3 Å². The topological polar surface area (TPSA) is 78.0 Å². The second-order valence-electron chi connectivity index (χ2n) is 9.97. The number of aromatic nitrogens is 5. The molecule has 238 valence electrons. The zero-order valence-corrected chi connectivity index (χ0v) is 24.5. The third-order valence-electron chi connectivity index (χ3n) is 7.23. The van der Waals surface area contributed by atoms with Crippen molar-refractivity contribution in [1.82, 2.24) is 29.0 Å². The minimum Gasteiger partial charge on any atom is -0.310 e. The molecule has 0 unspecified atom stereocenters. The van der Waals surface area contributed by atoms with Crippen molar-refractivity contribution >= 4 is 17.3 Å². The van der Waals surface area contributed by atoms with Crippen LogP contribution in [0.1, 0.15) is 32.3 Å². The normalized spacial score (nSPS) is 13.2. The minimum absolute atomic E-state index is 0.0127. The highest BCUT2D eigenvalue weighted by atomic mass is 19.2. The number of allylic oxidation sites excluding steroid dienone is 1. The van der Waals surface area contributed by atoms with E-state index >= 15 is 0 Å². The maximum Gasteiger partial charge on any atom is 0.251 e. The second-order valence-corrected chi connectivity index (χ2v) is 9.97. The van der Waals surface area contributed by atoms with Crippen LogP contribution in [0.3, 0.4) is 0 Å². The van der Waals surface area contributed by atoms with Gasteiger partial charge in [-0.2, -0.15) is 10.2 Å². The van der Waals surface area contributed by atoms with Gasteiger partial charge in [0.1, 0.15) is 34.9 Å². The third-order valence-corrected chi connectivity index (χ3v) is 7.23. The van der Waals surface area contributed by atoms with Gasteiger partial charge in [0.05, 0.1) is 33.9 Å². The zero-order valence-electron chi connectivity index (χ0n) is 24.5. The zero-order chi connectivity index (χ0) is 33.1. The predicted octanol–water partition coefficient (Wildman–Crippen LogP) is 6.41. The summed E-state index contributed by atoms with van der Waals surface area (Å²) < 4.78 is 87.5. The average molecular weight is 641 g/mol. The quantitative estimate of drug-likeness (QED) is 0.201. The fourth-order valence-electron chi connectivity index (χ4n) is 5.30. The van der Waals surface area contributed by atoms with Crippen LogP contribution in [0.2, 0.25) is 0 Å². The number of nitrogens with zero attached hydrogens (tertiary/aromatic N) is 6. The van der Waals surface area contributed by atoms with Crippen molar-refractivity contribution in [2.75, 3.05) is 6.54 Å². The molecule has 14 heteroatoms. The Morgan fingerprint density at radius 3 is 1.74 bits per heavy atom. The number of rotatable bonds is 6.